The Labute approximate surface area is 196 Å². The van der Waals surface area contributed by atoms with Crippen LogP contribution in [0.5, 0.6) is 5.75 Å². The number of rotatable bonds is 6. The number of aryl methyl sites for hydroxylation is 1. The van der Waals surface area contributed by atoms with Gasteiger partial charge in [0.2, 0.25) is 10.7 Å². The van der Waals surface area contributed by atoms with Crippen LogP contribution in [-0.2, 0) is 0 Å². The van der Waals surface area contributed by atoms with Crippen molar-refractivity contribution < 1.29 is 9.53 Å². The lowest BCUT2D eigenvalue weighted by atomic mass is 10.2. The molecule has 0 aliphatic heterocycles. The van der Waals surface area contributed by atoms with Crippen molar-refractivity contribution in [3.05, 3.63) is 89.2 Å². The summed E-state index contributed by atoms with van der Waals surface area (Å²) in [5, 5.41) is 2.81. The van der Waals surface area contributed by atoms with Gasteiger partial charge in [-0.15, -0.1) is 0 Å². The van der Waals surface area contributed by atoms with Crippen LogP contribution in [0.3, 0.4) is 0 Å². The predicted molar refractivity (Wildman–Crippen MR) is 131 cm³/mol. The minimum absolute atomic E-state index is 0.276. The van der Waals surface area contributed by atoms with Crippen molar-refractivity contribution in [2.75, 3.05) is 17.9 Å². The van der Waals surface area contributed by atoms with Crippen molar-refractivity contribution in [3.8, 4) is 22.8 Å². The quantitative estimate of drug-likeness (QED) is 0.274. The van der Waals surface area contributed by atoms with E-state index in [4.69, 9.17) is 17.0 Å². The number of aromatic nitrogens is 3. The van der Waals surface area contributed by atoms with Gasteiger partial charge in [-0.2, -0.15) is 9.97 Å². The van der Waals surface area contributed by atoms with Crippen molar-refractivity contribution in [1.82, 2.24) is 20.0 Å². The molecule has 8 nitrogen and oxygen atoms in total. The highest BCUT2D eigenvalue weighted by atomic mass is 32.1. The van der Waals surface area contributed by atoms with Crippen LogP contribution in [0.15, 0.2) is 78.9 Å². The van der Waals surface area contributed by atoms with Gasteiger partial charge in [-0.1, -0.05) is 48.5 Å². The second kappa shape index (κ2) is 9.92. The van der Waals surface area contributed by atoms with Crippen LogP contribution in [0.4, 0.5) is 16.4 Å². The number of nitrogens with zero attached hydrogens (tertiary/aromatic N) is 3. The zero-order valence-electron chi connectivity index (χ0n) is 18.1. The smallest absolute Gasteiger partial charge is 0.337 e. The molecule has 3 aromatic carbocycles. The largest absolute Gasteiger partial charge is 0.497 e. The van der Waals surface area contributed by atoms with E-state index in [1.54, 1.807) is 11.7 Å². The van der Waals surface area contributed by atoms with Gasteiger partial charge in [-0.25, -0.2) is 10.2 Å². The van der Waals surface area contributed by atoms with E-state index in [-0.39, 0.29) is 4.77 Å². The molecular formula is C24H22N6O2S. The maximum atomic E-state index is 12.5. The minimum atomic E-state index is -0.448. The fourth-order valence-electron chi connectivity index (χ4n) is 3.15. The summed E-state index contributed by atoms with van der Waals surface area (Å²) >= 11 is 5.58. The van der Waals surface area contributed by atoms with Crippen LogP contribution in [0, 0.1) is 11.7 Å². The lowest BCUT2D eigenvalue weighted by molar-refractivity contribution is 0.253. The summed E-state index contributed by atoms with van der Waals surface area (Å²) < 4.78 is 7.15. The summed E-state index contributed by atoms with van der Waals surface area (Å²) in [5.74, 6) is 1.45. The summed E-state index contributed by atoms with van der Waals surface area (Å²) in [6.07, 6.45) is 0. The molecule has 1 heterocycles. The van der Waals surface area contributed by atoms with Gasteiger partial charge in [0.15, 0.2) is 5.82 Å². The van der Waals surface area contributed by atoms with E-state index in [0.717, 1.165) is 11.1 Å². The molecule has 0 fully saturated rings. The minimum Gasteiger partial charge on any atom is -0.497 e. The lowest BCUT2D eigenvalue weighted by Gasteiger charge is -2.17. The third-order valence-electron chi connectivity index (χ3n) is 4.86. The summed E-state index contributed by atoms with van der Waals surface area (Å²) in [5.41, 5.74) is 8.68. The van der Waals surface area contributed by atoms with E-state index in [1.165, 1.54) is 0 Å². The van der Waals surface area contributed by atoms with Crippen LogP contribution in [0.1, 0.15) is 5.56 Å². The van der Waals surface area contributed by atoms with E-state index in [9.17, 15) is 4.79 Å². The van der Waals surface area contributed by atoms with E-state index < -0.39 is 6.03 Å². The van der Waals surface area contributed by atoms with Crippen molar-refractivity contribution in [3.63, 3.8) is 0 Å². The third kappa shape index (κ3) is 5.16. The van der Waals surface area contributed by atoms with Gasteiger partial charge >= 0.3 is 6.03 Å². The topological polar surface area (TPSA) is 93.1 Å². The number of carbonyl (C=O) groups is 1. The number of methoxy groups -OCH3 is 1. The molecule has 4 aromatic rings. The zero-order valence-corrected chi connectivity index (χ0v) is 18.9. The van der Waals surface area contributed by atoms with Gasteiger partial charge in [0.05, 0.1) is 12.8 Å². The third-order valence-corrected chi connectivity index (χ3v) is 5.13. The van der Waals surface area contributed by atoms with Crippen LogP contribution in [0.2, 0.25) is 0 Å². The molecule has 9 heteroatoms. The number of para-hydroxylation sites is 1. The Hall–Kier alpha value is -4.24. The first-order valence-corrected chi connectivity index (χ1v) is 10.6. The SMILES string of the molecule is COc1ccc(-n2c(NNC(=O)Nc3ccccc3C)nc(-c3ccccc3)nc2=S)cc1. The number of amides is 2. The summed E-state index contributed by atoms with van der Waals surface area (Å²) in [6, 6.07) is 23.8. The Morgan fingerprint density at radius 2 is 1.64 bits per heavy atom. The van der Waals surface area contributed by atoms with E-state index in [2.05, 4.69) is 26.1 Å². The number of hydrazine groups is 1. The van der Waals surface area contributed by atoms with Gasteiger partial charge in [-0.3, -0.25) is 9.99 Å². The number of hydrogen-bond acceptors (Lipinski definition) is 6. The molecule has 166 valence electrons. The summed E-state index contributed by atoms with van der Waals surface area (Å²) in [4.78, 5) is 21.6. The van der Waals surface area contributed by atoms with Crippen LogP contribution in [0.25, 0.3) is 17.1 Å². The number of benzene rings is 3. The molecule has 4 rings (SSSR count). The van der Waals surface area contributed by atoms with Gasteiger partial charge < -0.3 is 10.1 Å². The fraction of sp³-hybridized carbons (Fsp3) is 0.0833. The average molecular weight is 459 g/mol. The molecule has 0 bridgehead atoms. The average Bonchev–Trinajstić information content (AvgIpc) is 2.84. The van der Waals surface area contributed by atoms with E-state index in [0.29, 0.717) is 28.9 Å². The maximum Gasteiger partial charge on any atom is 0.337 e. The monoisotopic (exact) mass is 458 g/mol. The highest BCUT2D eigenvalue weighted by molar-refractivity contribution is 7.71. The highest BCUT2D eigenvalue weighted by Gasteiger charge is 2.13. The summed E-state index contributed by atoms with van der Waals surface area (Å²) in [7, 11) is 1.60. The van der Waals surface area contributed by atoms with Gasteiger partial charge in [0.25, 0.3) is 0 Å². The zero-order chi connectivity index (χ0) is 23.2. The molecule has 0 radical (unpaired) electrons. The Kier molecular flexibility index (Phi) is 6.61. The number of anilines is 2. The summed E-state index contributed by atoms with van der Waals surface area (Å²) in [6.45, 7) is 1.92. The van der Waals surface area contributed by atoms with Crippen molar-refractivity contribution in [2.24, 2.45) is 0 Å². The highest BCUT2D eigenvalue weighted by Crippen LogP contribution is 2.22. The molecule has 2 amide bonds. The molecule has 0 aliphatic carbocycles. The van der Waals surface area contributed by atoms with Gasteiger partial charge in [-0.05, 0) is 55.0 Å². The van der Waals surface area contributed by atoms with E-state index in [1.807, 2.05) is 85.8 Å². The Morgan fingerprint density at radius 1 is 0.939 bits per heavy atom. The first kappa shape index (κ1) is 22.0. The number of nitrogens with one attached hydrogen (secondary N) is 3. The Bertz CT molecular complexity index is 1320. The molecule has 0 saturated carbocycles. The Balaban J connectivity index is 1.67. The molecule has 0 spiro atoms. The van der Waals surface area contributed by atoms with Crippen LogP contribution >= 0.6 is 12.2 Å². The standard InChI is InChI=1S/C24H22N6O2S/c1-16-8-6-7-11-20(16)25-23(31)29-28-22-26-21(17-9-4-3-5-10-17)27-24(33)30(22)18-12-14-19(32-2)15-13-18/h3-15H,1-2H3,(H2,25,29,31)(H,26,27,28,33). The first-order valence-electron chi connectivity index (χ1n) is 10.1. The van der Waals surface area contributed by atoms with Gasteiger partial charge in [0, 0.05) is 11.3 Å². The van der Waals surface area contributed by atoms with Crippen molar-refractivity contribution in [1.29, 1.82) is 0 Å². The number of urea groups is 1. The molecule has 0 atom stereocenters. The number of hydrogen-bond donors (Lipinski definition) is 3. The molecule has 0 unspecified atom stereocenters. The van der Waals surface area contributed by atoms with E-state index >= 15 is 0 Å². The lowest BCUT2D eigenvalue weighted by Crippen LogP contribution is -2.35. The van der Waals surface area contributed by atoms with Crippen molar-refractivity contribution in [2.45, 2.75) is 6.92 Å². The molecular weight excluding hydrogens is 436 g/mol. The number of carbonyl (C=O) groups excluding carboxylic acids is 1. The second-order valence-electron chi connectivity index (χ2n) is 7.07. The van der Waals surface area contributed by atoms with Gasteiger partial charge in [0.1, 0.15) is 5.75 Å². The second-order valence-corrected chi connectivity index (χ2v) is 7.44. The van der Waals surface area contributed by atoms with Crippen LogP contribution in [-0.4, -0.2) is 27.7 Å². The fourth-order valence-corrected chi connectivity index (χ4v) is 3.43. The Morgan fingerprint density at radius 3 is 2.33 bits per heavy atom. The molecule has 33 heavy (non-hydrogen) atoms. The normalized spacial score (nSPS) is 10.4. The number of ether oxygens (including phenoxy) is 1. The predicted octanol–water partition coefficient (Wildman–Crippen LogP) is 5.13. The van der Waals surface area contributed by atoms with Crippen molar-refractivity contribution >= 4 is 29.9 Å². The first-order chi connectivity index (χ1) is 16.0. The molecule has 1 aromatic heterocycles. The molecule has 0 saturated heterocycles. The molecule has 0 aliphatic rings. The molecule has 3 N–H and O–H groups in total. The maximum absolute atomic E-state index is 12.5. The van der Waals surface area contributed by atoms with Crippen LogP contribution < -0.4 is 20.9 Å².